The molecule has 9 heteroatoms. The van der Waals surface area contributed by atoms with Crippen LogP contribution in [0.1, 0.15) is 51.3 Å². The van der Waals surface area contributed by atoms with E-state index in [1.807, 2.05) is 23.8 Å². The number of hydrogen-bond acceptors (Lipinski definition) is 4. The summed E-state index contributed by atoms with van der Waals surface area (Å²) in [6, 6.07) is 6.13. The Morgan fingerprint density at radius 3 is 2.42 bits per heavy atom. The second-order valence-electron chi connectivity index (χ2n) is 8.91. The van der Waals surface area contributed by atoms with Crippen LogP contribution in [-0.4, -0.2) is 22.8 Å². The molecule has 0 fully saturated rings. The second kappa shape index (κ2) is 9.64. The lowest BCUT2D eigenvalue weighted by Gasteiger charge is -2.43. The molecule has 36 heavy (non-hydrogen) atoms. The summed E-state index contributed by atoms with van der Waals surface area (Å²) in [5.74, 6) is -3.55. The van der Waals surface area contributed by atoms with Gasteiger partial charge in [-0.05, 0) is 44.0 Å². The number of nitrogens with one attached hydrogen (secondary N) is 1. The molecule has 0 unspecified atom stereocenters. The van der Waals surface area contributed by atoms with Gasteiger partial charge in [-0.15, -0.1) is 0 Å². The van der Waals surface area contributed by atoms with Crippen LogP contribution in [0.5, 0.6) is 0 Å². The fraction of sp³-hybridized carbons (Fsp3) is 0.259. The Balaban J connectivity index is 1.67. The summed E-state index contributed by atoms with van der Waals surface area (Å²) in [7, 11) is 1.89. The number of carbonyl (C=O) groups is 1. The summed E-state index contributed by atoms with van der Waals surface area (Å²) in [5, 5.41) is 2.48. The van der Waals surface area contributed by atoms with Gasteiger partial charge in [-0.2, -0.15) is 0 Å². The van der Waals surface area contributed by atoms with Crippen molar-refractivity contribution in [2.75, 3.05) is 11.9 Å². The summed E-state index contributed by atoms with van der Waals surface area (Å²) in [4.78, 5) is 20.7. The number of anilines is 1. The van der Waals surface area contributed by atoms with E-state index in [1.54, 1.807) is 38.2 Å². The van der Waals surface area contributed by atoms with Gasteiger partial charge in [0.15, 0.2) is 0 Å². The molecule has 4 rings (SSSR count). The number of amides is 1. The number of hydrogen-bond donors (Lipinski definition) is 1. The van der Waals surface area contributed by atoms with Gasteiger partial charge in [0, 0.05) is 54.3 Å². The summed E-state index contributed by atoms with van der Waals surface area (Å²) in [6.07, 6.45) is 1.62. The van der Waals surface area contributed by atoms with Crippen molar-refractivity contribution in [1.82, 2.24) is 15.2 Å². The topological polar surface area (TPSA) is 48.5 Å². The summed E-state index contributed by atoms with van der Waals surface area (Å²) >= 11 is 0. The van der Waals surface area contributed by atoms with Crippen LogP contribution in [0.25, 0.3) is 0 Å². The van der Waals surface area contributed by atoms with E-state index in [0.717, 1.165) is 5.56 Å². The van der Waals surface area contributed by atoms with Crippen LogP contribution in [-0.2, 0) is 13.1 Å². The van der Waals surface area contributed by atoms with Crippen LogP contribution in [0.15, 0.2) is 48.9 Å². The van der Waals surface area contributed by atoms with Crippen molar-refractivity contribution in [1.29, 1.82) is 0 Å². The number of nitrogens with zero attached hydrogens (tertiary/aromatic N) is 3. The highest BCUT2D eigenvalue weighted by molar-refractivity contribution is 5.95. The molecule has 1 aliphatic heterocycles. The minimum atomic E-state index is -1.08. The van der Waals surface area contributed by atoms with Crippen LogP contribution in [0.4, 0.5) is 23.2 Å². The number of rotatable bonds is 5. The number of halogens is 4. The number of aryl methyl sites for hydroxylation is 2. The number of pyridine rings is 1. The first-order chi connectivity index (χ1) is 17.0. The Morgan fingerprint density at radius 2 is 1.75 bits per heavy atom. The molecule has 3 aromatic rings. The highest BCUT2D eigenvalue weighted by atomic mass is 19.1. The molecule has 2 aromatic carbocycles. The van der Waals surface area contributed by atoms with Gasteiger partial charge < -0.3 is 15.1 Å². The van der Waals surface area contributed by atoms with Crippen LogP contribution < -0.4 is 10.2 Å². The van der Waals surface area contributed by atoms with Crippen molar-refractivity contribution in [2.45, 2.75) is 39.9 Å². The molecule has 188 valence electrons. The third-order valence-electron chi connectivity index (χ3n) is 6.69. The lowest BCUT2D eigenvalue weighted by molar-refractivity contribution is 0.0950. The third kappa shape index (κ3) is 4.53. The van der Waals surface area contributed by atoms with Crippen LogP contribution in [0.3, 0.4) is 0 Å². The summed E-state index contributed by atoms with van der Waals surface area (Å²) in [5.41, 5.74) is 2.82. The van der Waals surface area contributed by atoms with E-state index in [1.165, 1.54) is 0 Å². The van der Waals surface area contributed by atoms with Gasteiger partial charge in [-0.25, -0.2) is 17.6 Å². The fourth-order valence-corrected chi connectivity index (χ4v) is 4.29. The first-order valence-electron chi connectivity index (χ1n) is 11.3. The molecule has 5 nitrogen and oxygen atoms in total. The third-order valence-corrected chi connectivity index (χ3v) is 6.69. The van der Waals surface area contributed by atoms with Crippen molar-refractivity contribution in [3.63, 3.8) is 0 Å². The van der Waals surface area contributed by atoms with Gasteiger partial charge in [0.1, 0.15) is 29.1 Å². The monoisotopic (exact) mass is 498 g/mol. The molecule has 0 saturated heterocycles. The predicted molar refractivity (Wildman–Crippen MR) is 129 cm³/mol. The maximum atomic E-state index is 15.0. The van der Waals surface area contributed by atoms with Gasteiger partial charge in [-0.1, -0.05) is 12.6 Å². The largest absolute Gasteiger partial charge is 0.355 e. The SMILES string of the molecule is C=C1N(Cc2c(C)cnc(C)c2F)c2cc(C(=O)NCc3c(F)cc(F)cc3F)ccc2[C@H](C)N1C. The Morgan fingerprint density at radius 1 is 1.08 bits per heavy atom. The highest BCUT2D eigenvalue weighted by Crippen LogP contribution is 2.40. The average molecular weight is 499 g/mol. The first kappa shape index (κ1) is 25.2. The van der Waals surface area contributed by atoms with E-state index >= 15 is 0 Å². The number of benzene rings is 2. The average Bonchev–Trinajstić information content (AvgIpc) is 2.83. The molecule has 1 amide bonds. The van der Waals surface area contributed by atoms with Crippen molar-refractivity contribution in [3.8, 4) is 0 Å². The van der Waals surface area contributed by atoms with Crippen LogP contribution >= 0.6 is 0 Å². The van der Waals surface area contributed by atoms with Crippen molar-refractivity contribution in [3.05, 3.63) is 106 Å². The fourth-order valence-electron chi connectivity index (χ4n) is 4.29. The molecule has 2 heterocycles. The van der Waals surface area contributed by atoms with Gasteiger partial charge in [-0.3, -0.25) is 9.78 Å². The quantitative estimate of drug-likeness (QED) is 0.461. The highest BCUT2D eigenvalue weighted by Gasteiger charge is 2.31. The number of fused-ring (bicyclic) bond motifs is 1. The second-order valence-corrected chi connectivity index (χ2v) is 8.91. The molecule has 1 aliphatic rings. The summed E-state index contributed by atoms with van der Waals surface area (Å²) in [6.45, 7) is 9.26. The van der Waals surface area contributed by atoms with E-state index in [2.05, 4.69) is 16.9 Å². The van der Waals surface area contributed by atoms with Crippen molar-refractivity contribution in [2.24, 2.45) is 0 Å². The Hall–Kier alpha value is -3.88. The van der Waals surface area contributed by atoms with Gasteiger partial charge >= 0.3 is 0 Å². The smallest absolute Gasteiger partial charge is 0.251 e. The maximum Gasteiger partial charge on any atom is 0.251 e. The van der Waals surface area contributed by atoms with Crippen molar-refractivity contribution < 1.29 is 22.4 Å². The molecular formula is C27H26F4N4O. The van der Waals surface area contributed by atoms with Crippen LogP contribution in [0, 0.1) is 37.1 Å². The van der Waals surface area contributed by atoms with Gasteiger partial charge in [0.05, 0.1) is 18.3 Å². The molecule has 1 atom stereocenters. The summed E-state index contributed by atoms with van der Waals surface area (Å²) < 4.78 is 56.1. The van der Waals surface area contributed by atoms with E-state index in [9.17, 15) is 22.4 Å². The Bertz CT molecular complexity index is 1350. The first-order valence-corrected chi connectivity index (χ1v) is 11.3. The van der Waals surface area contributed by atoms with Crippen molar-refractivity contribution >= 4 is 11.6 Å². The minimum absolute atomic E-state index is 0.0617. The standard InChI is InChI=1S/C27H26F4N4O/c1-14-11-32-15(2)26(31)22(14)13-35-17(4)34(5)16(3)20-7-6-18(8-25(20)35)27(36)33-12-21-23(29)9-19(28)10-24(21)30/h6-11,16H,4,12-13H2,1-3,5H3,(H,33,36)/t16-/m0/s1. The van der Waals surface area contributed by atoms with Gasteiger partial charge in [0.25, 0.3) is 5.91 Å². The molecule has 1 aromatic heterocycles. The molecule has 0 radical (unpaired) electrons. The zero-order chi connectivity index (χ0) is 26.3. The number of carbonyl (C=O) groups excluding carboxylic acids is 1. The van der Waals surface area contributed by atoms with Crippen LogP contribution in [0.2, 0.25) is 0 Å². The predicted octanol–water partition coefficient (Wildman–Crippen LogP) is 5.67. The molecule has 1 N–H and O–H groups in total. The van der Waals surface area contributed by atoms with E-state index in [4.69, 9.17) is 0 Å². The maximum absolute atomic E-state index is 15.0. The molecule has 0 spiro atoms. The minimum Gasteiger partial charge on any atom is -0.355 e. The Labute approximate surface area is 207 Å². The normalized spacial score (nSPS) is 15.2. The van der Waals surface area contributed by atoms with E-state index in [-0.39, 0.29) is 23.8 Å². The van der Waals surface area contributed by atoms with E-state index < -0.39 is 41.3 Å². The van der Waals surface area contributed by atoms with E-state index in [0.29, 0.717) is 34.8 Å². The lowest BCUT2D eigenvalue weighted by atomic mass is 9.97. The van der Waals surface area contributed by atoms with Gasteiger partial charge in [0.2, 0.25) is 0 Å². The molecule has 0 saturated carbocycles. The number of aromatic nitrogens is 1. The molecule has 0 aliphatic carbocycles. The molecule has 0 bridgehead atoms. The zero-order valence-electron chi connectivity index (χ0n) is 20.4. The Kier molecular flexibility index (Phi) is 6.75. The molecular weight excluding hydrogens is 472 g/mol. The zero-order valence-corrected chi connectivity index (χ0v) is 20.4. The lowest BCUT2D eigenvalue weighted by Crippen LogP contribution is -2.39.